The molecule has 13 heavy (non-hydrogen) atoms. The van der Waals surface area contributed by atoms with Gasteiger partial charge < -0.3 is 5.73 Å². The van der Waals surface area contributed by atoms with E-state index in [1.807, 2.05) is 18.7 Å². The van der Waals surface area contributed by atoms with Gasteiger partial charge in [0.1, 0.15) is 0 Å². The minimum atomic E-state index is 0.0959. The third-order valence-electron chi connectivity index (χ3n) is 2.41. The Balaban J connectivity index is 3.24. The van der Waals surface area contributed by atoms with E-state index in [0.29, 0.717) is 0 Å². The van der Waals surface area contributed by atoms with E-state index in [-0.39, 0.29) is 6.04 Å². The lowest BCUT2D eigenvalue weighted by Gasteiger charge is -2.07. The third-order valence-corrected chi connectivity index (χ3v) is 2.41. The van der Waals surface area contributed by atoms with Gasteiger partial charge in [0.05, 0.1) is 5.69 Å². The second kappa shape index (κ2) is 3.92. The second-order valence-electron chi connectivity index (χ2n) is 3.43. The quantitative estimate of drug-likeness (QED) is 0.769. The van der Waals surface area contributed by atoms with Crippen LogP contribution >= 0.6 is 0 Å². The van der Waals surface area contributed by atoms with Gasteiger partial charge in [-0.15, -0.1) is 0 Å². The Kier molecular flexibility index (Phi) is 3.09. The van der Waals surface area contributed by atoms with Gasteiger partial charge in [0.15, 0.2) is 0 Å². The molecule has 0 bridgehead atoms. The molecule has 0 aliphatic heterocycles. The average Bonchev–Trinajstić information content (AvgIpc) is 2.41. The molecule has 2 N–H and O–H groups in total. The predicted octanol–water partition coefficient (Wildman–Crippen LogP) is 1.56. The molecule has 0 saturated heterocycles. The molecule has 0 aliphatic carbocycles. The molecule has 74 valence electrons. The maximum atomic E-state index is 5.93. The Hall–Kier alpha value is -0.830. The molecule has 0 aromatic carbocycles. The minimum Gasteiger partial charge on any atom is -0.324 e. The van der Waals surface area contributed by atoms with Gasteiger partial charge in [-0.3, -0.25) is 4.68 Å². The highest BCUT2D eigenvalue weighted by molar-refractivity contribution is 5.29. The first-order valence-electron chi connectivity index (χ1n) is 4.92. The maximum Gasteiger partial charge on any atom is 0.0672 e. The molecular weight excluding hydrogens is 162 g/mol. The van der Waals surface area contributed by atoms with Gasteiger partial charge in [0.25, 0.3) is 0 Å². The molecule has 3 nitrogen and oxygen atoms in total. The summed E-state index contributed by atoms with van der Waals surface area (Å²) in [7, 11) is 1.99. The molecule has 3 heteroatoms. The Morgan fingerprint density at radius 3 is 2.38 bits per heavy atom. The first-order valence-corrected chi connectivity index (χ1v) is 4.92. The summed E-state index contributed by atoms with van der Waals surface area (Å²) in [6, 6.07) is 0.0959. The van der Waals surface area contributed by atoms with Gasteiger partial charge in [-0.1, -0.05) is 13.8 Å². The highest BCUT2D eigenvalue weighted by Gasteiger charge is 2.15. The number of nitrogens with two attached hydrogens (primary N) is 1. The summed E-state index contributed by atoms with van der Waals surface area (Å²) in [5.74, 6) is 0. The molecule has 1 aromatic heterocycles. The summed E-state index contributed by atoms with van der Waals surface area (Å²) >= 11 is 0. The van der Waals surface area contributed by atoms with Crippen LogP contribution in [0.5, 0.6) is 0 Å². The Labute approximate surface area is 79.9 Å². The first kappa shape index (κ1) is 10.3. The van der Waals surface area contributed by atoms with Crippen molar-refractivity contribution >= 4 is 0 Å². The smallest absolute Gasteiger partial charge is 0.0672 e. The van der Waals surface area contributed by atoms with Crippen LogP contribution in [0.1, 0.15) is 43.8 Å². The van der Waals surface area contributed by atoms with E-state index in [1.165, 1.54) is 11.3 Å². The van der Waals surface area contributed by atoms with Crippen LogP contribution in [0.25, 0.3) is 0 Å². The molecule has 1 unspecified atom stereocenters. The van der Waals surface area contributed by atoms with E-state index in [0.717, 1.165) is 18.5 Å². The van der Waals surface area contributed by atoms with E-state index in [2.05, 4.69) is 18.9 Å². The van der Waals surface area contributed by atoms with Crippen molar-refractivity contribution in [2.75, 3.05) is 0 Å². The standard InChI is InChI=1S/C10H19N3/c1-5-8-10(7(3)11)9(6-2)13(4)12-8/h7H,5-6,11H2,1-4H3. The molecule has 1 heterocycles. The SMILES string of the molecule is CCc1nn(C)c(CC)c1C(C)N. The zero-order valence-corrected chi connectivity index (χ0v) is 8.96. The predicted molar refractivity (Wildman–Crippen MR) is 54.6 cm³/mol. The number of rotatable bonds is 3. The van der Waals surface area contributed by atoms with Crippen LogP contribution in [0.3, 0.4) is 0 Å². The summed E-state index contributed by atoms with van der Waals surface area (Å²) in [6.07, 6.45) is 1.96. The van der Waals surface area contributed by atoms with Crippen molar-refractivity contribution in [3.8, 4) is 0 Å². The van der Waals surface area contributed by atoms with E-state index in [1.54, 1.807) is 0 Å². The first-order chi connectivity index (χ1) is 6.11. The lowest BCUT2D eigenvalue weighted by atomic mass is 10.0. The number of hydrogen-bond acceptors (Lipinski definition) is 2. The van der Waals surface area contributed by atoms with Crippen molar-refractivity contribution in [3.63, 3.8) is 0 Å². The molecule has 0 spiro atoms. The lowest BCUT2D eigenvalue weighted by molar-refractivity contribution is 0.700. The van der Waals surface area contributed by atoms with Gasteiger partial charge in [0, 0.05) is 24.3 Å². The summed E-state index contributed by atoms with van der Waals surface area (Å²) in [4.78, 5) is 0. The maximum absolute atomic E-state index is 5.93. The molecule has 1 rings (SSSR count). The fourth-order valence-electron chi connectivity index (χ4n) is 1.84. The normalized spacial score (nSPS) is 13.3. The molecule has 1 atom stereocenters. The number of hydrogen-bond donors (Lipinski definition) is 1. The molecule has 0 amide bonds. The third kappa shape index (κ3) is 1.75. The highest BCUT2D eigenvalue weighted by atomic mass is 15.3. The van der Waals surface area contributed by atoms with Crippen LogP contribution in [0.15, 0.2) is 0 Å². The summed E-state index contributed by atoms with van der Waals surface area (Å²) in [6.45, 7) is 6.28. The van der Waals surface area contributed by atoms with Crippen molar-refractivity contribution in [2.24, 2.45) is 12.8 Å². The number of aryl methyl sites for hydroxylation is 2. The summed E-state index contributed by atoms with van der Waals surface area (Å²) in [5.41, 5.74) is 9.59. The zero-order valence-electron chi connectivity index (χ0n) is 8.96. The van der Waals surface area contributed by atoms with Crippen molar-refractivity contribution in [1.29, 1.82) is 0 Å². The van der Waals surface area contributed by atoms with Crippen molar-refractivity contribution in [2.45, 2.75) is 39.7 Å². The largest absolute Gasteiger partial charge is 0.324 e. The Morgan fingerprint density at radius 2 is 2.00 bits per heavy atom. The monoisotopic (exact) mass is 181 g/mol. The molecule has 0 aliphatic rings. The Bertz CT molecular complexity index is 287. The molecular formula is C10H19N3. The lowest BCUT2D eigenvalue weighted by Crippen LogP contribution is -2.09. The van der Waals surface area contributed by atoms with Crippen LogP contribution < -0.4 is 5.73 Å². The topological polar surface area (TPSA) is 43.8 Å². The number of nitrogens with zero attached hydrogens (tertiary/aromatic N) is 2. The Morgan fingerprint density at radius 1 is 1.38 bits per heavy atom. The van der Waals surface area contributed by atoms with Crippen molar-refractivity contribution in [1.82, 2.24) is 9.78 Å². The summed E-state index contributed by atoms with van der Waals surface area (Å²) < 4.78 is 1.96. The number of aromatic nitrogens is 2. The van der Waals surface area contributed by atoms with E-state index in [4.69, 9.17) is 5.73 Å². The van der Waals surface area contributed by atoms with Gasteiger partial charge >= 0.3 is 0 Å². The molecule has 1 aromatic rings. The van der Waals surface area contributed by atoms with Gasteiger partial charge in [-0.05, 0) is 19.8 Å². The van der Waals surface area contributed by atoms with Crippen LogP contribution in [0.4, 0.5) is 0 Å². The van der Waals surface area contributed by atoms with Gasteiger partial charge in [-0.25, -0.2) is 0 Å². The highest BCUT2D eigenvalue weighted by Crippen LogP contribution is 2.20. The van der Waals surface area contributed by atoms with Crippen molar-refractivity contribution < 1.29 is 0 Å². The van der Waals surface area contributed by atoms with Crippen LogP contribution in [-0.2, 0) is 19.9 Å². The van der Waals surface area contributed by atoms with Gasteiger partial charge in [0.2, 0.25) is 0 Å². The summed E-state index contributed by atoms with van der Waals surface area (Å²) in [5, 5.41) is 4.46. The fourth-order valence-corrected chi connectivity index (χ4v) is 1.84. The average molecular weight is 181 g/mol. The molecule has 0 saturated carbocycles. The molecule has 0 fully saturated rings. The van der Waals surface area contributed by atoms with E-state index >= 15 is 0 Å². The second-order valence-corrected chi connectivity index (χ2v) is 3.43. The van der Waals surface area contributed by atoms with Crippen molar-refractivity contribution in [3.05, 3.63) is 17.0 Å². The van der Waals surface area contributed by atoms with Gasteiger partial charge in [-0.2, -0.15) is 5.10 Å². The van der Waals surface area contributed by atoms with Crippen LogP contribution in [0.2, 0.25) is 0 Å². The van der Waals surface area contributed by atoms with E-state index in [9.17, 15) is 0 Å². The fraction of sp³-hybridized carbons (Fsp3) is 0.700. The zero-order chi connectivity index (χ0) is 10.0. The van der Waals surface area contributed by atoms with Crippen LogP contribution in [0, 0.1) is 0 Å². The van der Waals surface area contributed by atoms with Crippen LogP contribution in [-0.4, -0.2) is 9.78 Å². The van der Waals surface area contributed by atoms with E-state index < -0.39 is 0 Å². The minimum absolute atomic E-state index is 0.0959. The molecule has 0 radical (unpaired) electrons.